The summed E-state index contributed by atoms with van der Waals surface area (Å²) in [5.41, 5.74) is -1.86. The Labute approximate surface area is 227 Å². The van der Waals surface area contributed by atoms with Gasteiger partial charge in [-0.1, -0.05) is 54.6 Å². The van der Waals surface area contributed by atoms with E-state index in [-0.39, 0.29) is 0 Å². The molecular weight excluding hydrogens is 519 g/mol. The number of carbonyl (C=O) groups is 3. The molecule has 3 aromatic rings. The molecule has 0 spiro atoms. The van der Waals surface area contributed by atoms with Crippen molar-refractivity contribution in [2.45, 2.75) is 25.3 Å². The molecule has 1 N–H and O–H groups in total. The lowest BCUT2D eigenvalue weighted by atomic mass is 9.94. The molecule has 0 bridgehead atoms. The number of hydrogen-bond acceptors (Lipinski definition) is 8. The van der Waals surface area contributed by atoms with Gasteiger partial charge in [-0.15, -0.1) is 0 Å². The molecule has 2 atom stereocenters. The summed E-state index contributed by atoms with van der Waals surface area (Å²) >= 11 is 0. The number of cyclic esters (lactones) is 1. The fraction of sp³-hybridized carbons (Fsp3) is 0.233. The van der Waals surface area contributed by atoms with Crippen LogP contribution in [0.2, 0.25) is 0 Å². The van der Waals surface area contributed by atoms with Crippen LogP contribution in [0.5, 0.6) is 0 Å². The molecule has 0 radical (unpaired) electrons. The first-order chi connectivity index (χ1) is 18.7. The van der Waals surface area contributed by atoms with E-state index in [1.54, 1.807) is 0 Å². The van der Waals surface area contributed by atoms with Gasteiger partial charge in [0.25, 0.3) is 11.7 Å². The molecule has 202 valence electrons. The zero-order valence-corrected chi connectivity index (χ0v) is 23.0. The largest absolute Gasteiger partial charge is 0.480 e. The summed E-state index contributed by atoms with van der Waals surface area (Å²) in [6, 6.07) is 27.9. The second-order valence-corrected chi connectivity index (χ2v) is 12.9. The lowest BCUT2D eigenvalue weighted by molar-refractivity contribution is -0.223. The van der Waals surface area contributed by atoms with Crippen LogP contribution >= 0.6 is 7.26 Å². The van der Waals surface area contributed by atoms with Gasteiger partial charge in [-0.05, 0) is 36.4 Å². The molecule has 9 heteroatoms. The molecule has 8 nitrogen and oxygen atoms in total. The van der Waals surface area contributed by atoms with Crippen molar-refractivity contribution >= 4 is 41.1 Å². The highest BCUT2D eigenvalue weighted by Crippen LogP contribution is 2.63. The van der Waals surface area contributed by atoms with Crippen LogP contribution in [0.25, 0.3) is 0 Å². The van der Waals surface area contributed by atoms with E-state index in [0.717, 1.165) is 23.0 Å². The molecule has 0 amide bonds. The standard InChI is InChI=1S/C30H29O8P/c1-30(2)37-27(32)24(28(33)38-30)23(26(31)35-3)25(29(34)36-4)39(20-14-8-5-9-15-20,21-16-10-6-11-17-21)22-18-12-7-13-19-22/h5-19,23,25H,1-4H3/p+1. The molecule has 0 fully saturated rings. The lowest BCUT2D eigenvalue weighted by Gasteiger charge is -2.38. The number of hydrogen-bond donors (Lipinski definition) is 1. The van der Waals surface area contributed by atoms with Crippen molar-refractivity contribution in [3.05, 3.63) is 103 Å². The SMILES string of the molecule is COC(=O)C(C1=C(O)OC(C)(C)OC1=O)C(C(=O)OC)[P+](c1ccccc1)(c1ccccc1)c1ccccc1. The molecule has 1 aliphatic rings. The average Bonchev–Trinajstić information content (AvgIpc) is 2.94. The number of carbonyl (C=O) groups excluding carboxylic acids is 3. The number of ether oxygens (including phenoxy) is 4. The summed E-state index contributed by atoms with van der Waals surface area (Å²) in [6.07, 6.45) is 0. The van der Waals surface area contributed by atoms with Gasteiger partial charge in [0.15, 0.2) is 5.66 Å². The third-order valence-corrected chi connectivity index (χ3v) is 11.2. The topological polar surface area (TPSA) is 108 Å². The second-order valence-electron chi connectivity index (χ2n) is 9.31. The minimum absolute atomic E-state index is 0.510. The van der Waals surface area contributed by atoms with Crippen LogP contribution in [0.1, 0.15) is 13.8 Å². The molecule has 2 unspecified atom stereocenters. The highest BCUT2D eigenvalue weighted by Gasteiger charge is 2.64. The van der Waals surface area contributed by atoms with Crippen LogP contribution in [0.3, 0.4) is 0 Å². The van der Waals surface area contributed by atoms with Crippen molar-refractivity contribution in [2.24, 2.45) is 5.92 Å². The Kier molecular flexibility index (Phi) is 8.07. The number of rotatable bonds is 8. The van der Waals surface area contributed by atoms with E-state index >= 15 is 0 Å². The summed E-state index contributed by atoms with van der Waals surface area (Å²) < 4.78 is 21.4. The van der Waals surface area contributed by atoms with E-state index in [9.17, 15) is 19.5 Å². The number of aliphatic hydroxyl groups excluding tert-OH is 1. The molecule has 0 aromatic heterocycles. The van der Waals surface area contributed by atoms with Gasteiger partial charge in [0.1, 0.15) is 34.7 Å². The van der Waals surface area contributed by atoms with Crippen LogP contribution in [0.15, 0.2) is 103 Å². The van der Waals surface area contributed by atoms with Crippen molar-refractivity contribution in [1.29, 1.82) is 0 Å². The van der Waals surface area contributed by atoms with Crippen molar-refractivity contribution in [2.75, 3.05) is 14.2 Å². The third-order valence-electron chi connectivity index (χ3n) is 6.56. The quantitative estimate of drug-likeness (QED) is 0.259. The van der Waals surface area contributed by atoms with Crippen molar-refractivity contribution < 1.29 is 38.4 Å². The fourth-order valence-electron chi connectivity index (χ4n) is 5.02. The van der Waals surface area contributed by atoms with Gasteiger partial charge in [0, 0.05) is 13.8 Å². The highest BCUT2D eigenvalue weighted by molar-refractivity contribution is 7.97. The summed E-state index contributed by atoms with van der Waals surface area (Å²) in [5.74, 6) is -6.64. The maximum absolute atomic E-state index is 14.0. The van der Waals surface area contributed by atoms with Crippen LogP contribution in [-0.2, 0) is 33.3 Å². The molecule has 3 aromatic carbocycles. The van der Waals surface area contributed by atoms with Gasteiger partial charge in [-0.2, -0.15) is 0 Å². The molecule has 1 heterocycles. The first-order valence-electron chi connectivity index (χ1n) is 12.2. The molecule has 1 aliphatic heterocycles. The molecule has 0 aliphatic carbocycles. The van der Waals surface area contributed by atoms with Gasteiger partial charge in [0.05, 0.1) is 14.2 Å². The summed E-state index contributed by atoms with van der Waals surface area (Å²) in [7, 11) is -0.834. The fourth-order valence-corrected chi connectivity index (χ4v) is 9.95. The first kappa shape index (κ1) is 27.9. The second kappa shape index (κ2) is 11.3. The maximum atomic E-state index is 14.0. The maximum Gasteiger partial charge on any atom is 0.349 e. The molecular formula is C30H30O8P+. The van der Waals surface area contributed by atoms with E-state index in [2.05, 4.69) is 0 Å². The van der Waals surface area contributed by atoms with E-state index in [4.69, 9.17) is 18.9 Å². The monoisotopic (exact) mass is 549 g/mol. The first-order valence-corrected chi connectivity index (χ1v) is 14.1. The van der Waals surface area contributed by atoms with Crippen LogP contribution < -0.4 is 15.9 Å². The molecule has 39 heavy (non-hydrogen) atoms. The number of aliphatic hydroxyl groups is 1. The van der Waals surface area contributed by atoms with Crippen molar-refractivity contribution in [3.8, 4) is 0 Å². The van der Waals surface area contributed by atoms with Gasteiger partial charge >= 0.3 is 17.9 Å². The molecule has 0 saturated heterocycles. The Morgan fingerprint density at radius 2 is 1.15 bits per heavy atom. The minimum atomic E-state index is -3.20. The van der Waals surface area contributed by atoms with E-state index in [1.165, 1.54) is 21.0 Å². The van der Waals surface area contributed by atoms with Crippen molar-refractivity contribution in [1.82, 2.24) is 0 Å². The number of esters is 3. The highest BCUT2D eigenvalue weighted by atomic mass is 31.2. The van der Waals surface area contributed by atoms with Crippen molar-refractivity contribution in [3.63, 3.8) is 0 Å². The smallest absolute Gasteiger partial charge is 0.349 e. The Bertz CT molecular complexity index is 1270. The van der Waals surface area contributed by atoms with Gasteiger partial charge in [-0.3, -0.25) is 4.79 Å². The van der Waals surface area contributed by atoms with Gasteiger partial charge < -0.3 is 24.1 Å². The molecule has 4 rings (SSSR count). The molecule has 0 saturated carbocycles. The Balaban J connectivity index is 2.17. The minimum Gasteiger partial charge on any atom is -0.480 e. The number of benzene rings is 3. The average molecular weight is 550 g/mol. The zero-order valence-electron chi connectivity index (χ0n) is 22.1. The Hall–Kier alpha value is -4.16. The van der Waals surface area contributed by atoms with E-state index in [0.29, 0.717) is 0 Å². The lowest BCUT2D eigenvalue weighted by Crippen LogP contribution is -2.51. The predicted octanol–water partition coefficient (Wildman–Crippen LogP) is 3.39. The van der Waals surface area contributed by atoms with E-state index < -0.39 is 54.1 Å². The summed E-state index contributed by atoms with van der Waals surface area (Å²) in [5, 5.41) is 13.2. The van der Waals surface area contributed by atoms with Crippen LogP contribution in [0, 0.1) is 5.92 Å². The third kappa shape index (κ3) is 5.12. The van der Waals surface area contributed by atoms with Gasteiger partial charge in [-0.25, -0.2) is 9.59 Å². The summed E-state index contributed by atoms with van der Waals surface area (Å²) in [6.45, 7) is 2.89. The Morgan fingerprint density at radius 3 is 1.51 bits per heavy atom. The normalized spacial score (nSPS) is 16.4. The van der Waals surface area contributed by atoms with E-state index in [1.807, 2.05) is 91.0 Å². The van der Waals surface area contributed by atoms with Gasteiger partial charge in [0.2, 0.25) is 0 Å². The van der Waals surface area contributed by atoms with Crippen LogP contribution in [-0.4, -0.2) is 48.7 Å². The zero-order chi connectivity index (χ0) is 28.2. The predicted molar refractivity (Wildman–Crippen MR) is 147 cm³/mol. The Morgan fingerprint density at radius 1 is 0.744 bits per heavy atom. The summed E-state index contributed by atoms with van der Waals surface area (Å²) in [4.78, 5) is 41.0. The van der Waals surface area contributed by atoms with Crippen LogP contribution in [0.4, 0.5) is 0 Å². The number of methoxy groups -OCH3 is 2.